The predicted octanol–water partition coefficient (Wildman–Crippen LogP) is 0.195. The average Bonchev–Trinajstić information content (AvgIpc) is 2.75. The van der Waals surface area contributed by atoms with Crippen molar-refractivity contribution in [2.24, 2.45) is 0 Å². The van der Waals surface area contributed by atoms with Gasteiger partial charge in [-0.2, -0.15) is 15.0 Å². The van der Waals surface area contributed by atoms with Gasteiger partial charge in [-0.25, -0.2) is 0 Å². The second kappa shape index (κ2) is 12.9. The van der Waals surface area contributed by atoms with Gasteiger partial charge < -0.3 is 30.2 Å². The van der Waals surface area contributed by atoms with Crippen molar-refractivity contribution in [3.05, 3.63) is 0 Å². The van der Waals surface area contributed by atoms with Crippen LogP contribution in [0.2, 0.25) is 0 Å². The molecule has 176 valence electrons. The van der Waals surface area contributed by atoms with Crippen LogP contribution in [0.3, 0.4) is 0 Å². The molecule has 2 atom stereocenters. The third kappa shape index (κ3) is 8.69. The Hall–Kier alpha value is -1.79. The first-order valence-electron chi connectivity index (χ1n) is 11.2. The molecule has 2 fully saturated rings. The van der Waals surface area contributed by atoms with Gasteiger partial charge in [-0.3, -0.25) is 9.80 Å². The molecule has 3 heterocycles. The summed E-state index contributed by atoms with van der Waals surface area (Å²) in [5.74, 6) is 1.67. The minimum atomic E-state index is 0.200. The molecular weight excluding hydrogens is 400 g/mol. The number of anilines is 3. The van der Waals surface area contributed by atoms with Gasteiger partial charge in [0.2, 0.25) is 17.8 Å². The minimum Gasteiger partial charge on any atom is -0.383 e. The number of nitrogens with one attached hydrogen (secondary N) is 3. The zero-order valence-corrected chi connectivity index (χ0v) is 19.1. The largest absolute Gasteiger partial charge is 0.383 e. The van der Waals surface area contributed by atoms with E-state index in [2.05, 4.69) is 54.5 Å². The van der Waals surface area contributed by atoms with E-state index >= 15 is 0 Å². The lowest BCUT2D eigenvalue weighted by atomic mass is 10.3. The summed E-state index contributed by atoms with van der Waals surface area (Å²) in [4.78, 5) is 18.5. The molecule has 0 spiro atoms. The summed E-state index contributed by atoms with van der Waals surface area (Å²) in [7, 11) is 1.68. The molecule has 0 radical (unpaired) electrons. The number of morpholine rings is 2. The fourth-order valence-corrected chi connectivity index (χ4v) is 3.72. The van der Waals surface area contributed by atoms with Crippen LogP contribution < -0.4 is 16.0 Å². The highest BCUT2D eigenvalue weighted by molar-refractivity contribution is 5.43. The first-order chi connectivity index (χ1) is 15.1. The van der Waals surface area contributed by atoms with Crippen molar-refractivity contribution in [2.75, 3.05) is 102 Å². The summed E-state index contributed by atoms with van der Waals surface area (Å²) in [6, 6.07) is 0.400. The fraction of sp³-hybridized carbons (Fsp3) is 0.850. The molecule has 0 aliphatic carbocycles. The van der Waals surface area contributed by atoms with Crippen molar-refractivity contribution in [3.8, 4) is 0 Å². The highest BCUT2D eigenvalue weighted by Crippen LogP contribution is 2.13. The number of methoxy groups -OCH3 is 1. The average molecular weight is 439 g/mol. The van der Waals surface area contributed by atoms with Gasteiger partial charge in [-0.15, -0.1) is 0 Å². The Bertz CT molecular complexity index is 595. The Morgan fingerprint density at radius 3 is 1.71 bits per heavy atom. The molecule has 3 rings (SSSR count). The van der Waals surface area contributed by atoms with Crippen LogP contribution in [0, 0.1) is 0 Å². The van der Waals surface area contributed by atoms with Crippen molar-refractivity contribution in [1.82, 2.24) is 24.8 Å². The van der Waals surface area contributed by atoms with E-state index in [9.17, 15) is 0 Å². The predicted molar refractivity (Wildman–Crippen MR) is 121 cm³/mol. The molecule has 0 saturated carbocycles. The molecule has 11 nitrogen and oxygen atoms in total. The van der Waals surface area contributed by atoms with Gasteiger partial charge in [-0.1, -0.05) is 0 Å². The van der Waals surface area contributed by atoms with E-state index in [1.165, 1.54) is 0 Å². The Labute approximate surface area is 185 Å². The molecule has 0 unspecified atom stereocenters. The third-order valence-corrected chi connectivity index (χ3v) is 5.25. The lowest BCUT2D eigenvalue weighted by Gasteiger charge is -2.30. The summed E-state index contributed by atoms with van der Waals surface area (Å²) in [6.45, 7) is 14.3. The molecule has 1 aromatic heterocycles. The Balaban J connectivity index is 1.60. The number of rotatable bonds is 12. The van der Waals surface area contributed by atoms with Gasteiger partial charge in [0.15, 0.2) is 0 Å². The van der Waals surface area contributed by atoms with Gasteiger partial charge in [-0.05, 0) is 13.8 Å². The molecule has 31 heavy (non-hydrogen) atoms. The van der Waals surface area contributed by atoms with Crippen LogP contribution in [0.4, 0.5) is 17.8 Å². The minimum absolute atomic E-state index is 0.200. The molecule has 2 aliphatic rings. The van der Waals surface area contributed by atoms with Crippen LogP contribution >= 0.6 is 0 Å². The number of aromatic nitrogens is 3. The Kier molecular flexibility index (Phi) is 9.94. The maximum Gasteiger partial charge on any atom is 0.229 e. The van der Waals surface area contributed by atoms with Crippen molar-refractivity contribution in [1.29, 1.82) is 0 Å². The van der Waals surface area contributed by atoms with Gasteiger partial charge in [0.25, 0.3) is 0 Å². The third-order valence-electron chi connectivity index (χ3n) is 5.25. The summed E-state index contributed by atoms with van der Waals surface area (Å²) in [5, 5.41) is 10.1. The van der Waals surface area contributed by atoms with Gasteiger partial charge >= 0.3 is 0 Å². The highest BCUT2D eigenvalue weighted by atomic mass is 16.5. The van der Waals surface area contributed by atoms with Crippen LogP contribution in [0.15, 0.2) is 0 Å². The van der Waals surface area contributed by atoms with Crippen molar-refractivity contribution < 1.29 is 14.2 Å². The second-order valence-corrected chi connectivity index (χ2v) is 8.14. The highest BCUT2D eigenvalue weighted by Gasteiger charge is 2.17. The maximum atomic E-state index is 5.44. The molecule has 0 amide bonds. The van der Waals surface area contributed by atoms with E-state index in [0.29, 0.717) is 31.0 Å². The van der Waals surface area contributed by atoms with Crippen molar-refractivity contribution in [2.45, 2.75) is 25.9 Å². The van der Waals surface area contributed by atoms with Crippen LogP contribution in [0.5, 0.6) is 0 Å². The standard InChI is InChI=1S/C20H38N8O3/c1-16(14-27-5-10-30-11-6-27)22-19-24-18(21-4-9-29-3)25-20(26-19)23-17(2)15-28-7-12-31-13-8-28/h16-17H,4-15H2,1-3H3,(H3,21,22,23,24,25,26)/t16-,17-/m1/s1. The van der Waals surface area contributed by atoms with E-state index in [0.717, 1.165) is 65.7 Å². The van der Waals surface area contributed by atoms with E-state index < -0.39 is 0 Å². The fourth-order valence-electron chi connectivity index (χ4n) is 3.72. The number of hydrogen-bond acceptors (Lipinski definition) is 11. The van der Waals surface area contributed by atoms with E-state index in [1.54, 1.807) is 7.11 Å². The summed E-state index contributed by atoms with van der Waals surface area (Å²) < 4.78 is 16.0. The molecule has 3 N–H and O–H groups in total. The Morgan fingerprint density at radius 1 is 0.806 bits per heavy atom. The summed E-state index contributed by atoms with van der Waals surface area (Å²) >= 11 is 0. The van der Waals surface area contributed by atoms with E-state index in [1.807, 2.05) is 0 Å². The van der Waals surface area contributed by atoms with E-state index in [4.69, 9.17) is 14.2 Å². The molecule has 11 heteroatoms. The summed E-state index contributed by atoms with van der Waals surface area (Å²) in [5.41, 5.74) is 0. The monoisotopic (exact) mass is 438 g/mol. The molecule has 0 bridgehead atoms. The molecule has 2 aliphatic heterocycles. The maximum absolute atomic E-state index is 5.44. The van der Waals surface area contributed by atoms with Gasteiger partial charge in [0.05, 0.1) is 33.0 Å². The normalized spacial score (nSPS) is 20.2. The first-order valence-corrected chi connectivity index (χ1v) is 11.2. The van der Waals surface area contributed by atoms with Crippen LogP contribution in [0.25, 0.3) is 0 Å². The van der Waals surface area contributed by atoms with Gasteiger partial charge in [0, 0.05) is 65.0 Å². The number of ether oxygens (including phenoxy) is 3. The summed E-state index contributed by atoms with van der Waals surface area (Å²) in [6.07, 6.45) is 0. The molecule has 0 aromatic carbocycles. The van der Waals surface area contributed by atoms with Gasteiger partial charge in [0.1, 0.15) is 0 Å². The smallest absolute Gasteiger partial charge is 0.229 e. The molecule has 1 aromatic rings. The van der Waals surface area contributed by atoms with Crippen molar-refractivity contribution in [3.63, 3.8) is 0 Å². The zero-order chi connectivity index (χ0) is 21.9. The number of hydrogen-bond donors (Lipinski definition) is 3. The quantitative estimate of drug-likeness (QED) is 0.389. The lowest BCUT2D eigenvalue weighted by molar-refractivity contribution is 0.0367. The molecular formula is C20H38N8O3. The number of nitrogens with zero attached hydrogens (tertiary/aromatic N) is 5. The first kappa shape index (κ1) is 23.9. The van der Waals surface area contributed by atoms with E-state index in [-0.39, 0.29) is 12.1 Å². The molecule has 2 saturated heterocycles. The Morgan fingerprint density at radius 2 is 1.26 bits per heavy atom. The lowest BCUT2D eigenvalue weighted by Crippen LogP contribution is -2.42. The van der Waals surface area contributed by atoms with Crippen LogP contribution in [-0.4, -0.2) is 123 Å². The topological polar surface area (TPSA) is 109 Å². The van der Waals surface area contributed by atoms with Crippen LogP contribution in [-0.2, 0) is 14.2 Å². The second-order valence-electron chi connectivity index (χ2n) is 8.14. The van der Waals surface area contributed by atoms with Crippen molar-refractivity contribution >= 4 is 17.8 Å². The zero-order valence-electron chi connectivity index (χ0n) is 19.1. The van der Waals surface area contributed by atoms with Crippen LogP contribution in [0.1, 0.15) is 13.8 Å². The SMILES string of the molecule is COCCNc1nc(N[C@H](C)CN2CCOCC2)nc(N[C@H](C)CN2CCOCC2)n1.